The van der Waals surface area contributed by atoms with Crippen LogP contribution in [0.3, 0.4) is 0 Å². The van der Waals surface area contributed by atoms with Gasteiger partial charge < -0.3 is 30.2 Å². The second-order valence-electron chi connectivity index (χ2n) is 0. The van der Waals surface area contributed by atoms with Crippen LogP contribution in [-0.2, 0) is 21.1 Å². The van der Waals surface area contributed by atoms with Crippen LogP contribution in [0.1, 0.15) is 0 Å². The van der Waals surface area contributed by atoms with Gasteiger partial charge in [-0.3, -0.25) is 0 Å². The summed E-state index contributed by atoms with van der Waals surface area (Å²) in [5.41, 5.74) is 0. The van der Waals surface area contributed by atoms with Crippen molar-refractivity contribution < 1.29 is 38.9 Å². The molecule has 0 aliphatic rings. The third kappa shape index (κ3) is 53.9. The van der Waals surface area contributed by atoms with E-state index in [1.54, 1.807) is 0 Å². The summed E-state index contributed by atoms with van der Waals surface area (Å²) < 4.78 is 0. The van der Waals surface area contributed by atoms with Gasteiger partial charge in [0.15, 0.2) is 0 Å². The average Bonchev–Trinajstić information content (AvgIpc) is 0. The van der Waals surface area contributed by atoms with Crippen molar-refractivity contribution in [3.63, 3.8) is 0 Å². The Morgan fingerprint density at radius 1 is 0.800 bits per heavy atom. The second-order valence-corrected chi connectivity index (χ2v) is 0. The molecule has 0 radical (unpaired) electrons. The van der Waals surface area contributed by atoms with E-state index in [1.165, 1.54) is 0 Å². The largest absolute Gasteiger partial charge is 2.00 e. The molecule has 0 fully saturated rings. The third-order valence-electron chi connectivity index (χ3n) is 0. The van der Waals surface area contributed by atoms with Gasteiger partial charge in [-0.15, -0.1) is 0 Å². The van der Waals surface area contributed by atoms with E-state index >= 15 is 0 Å². The smallest absolute Gasteiger partial charge is 1.00 e. The summed E-state index contributed by atoms with van der Waals surface area (Å²) in [4.78, 5) is 0. The Balaban J connectivity index is 0. The molecule has 0 unspecified atom stereocenters. The van der Waals surface area contributed by atoms with E-state index in [-0.39, 0.29) is 51.2 Å². The van der Waals surface area contributed by atoms with Crippen LogP contribution < -0.4 is 24.7 Å². The first-order valence-electron chi connectivity index (χ1n) is 0. The van der Waals surface area contributed by atoms with Crippen LogP contribution in [-0.4, -0.2) is 5.48 Å². The summed E-state index contributed by atoms with van der Waals surface area (Å²) in [6, 6.07) is 0. The van der Waals surface area contributed by atoms with Crippen molar-refractivity contribution in [3.05, 3.63) is 0 Å². The summed E-state index contributed by atoms with van der Waals surface area (Å²) in [5, 5.41) is 0. The van der Waals surface area contributed by atoms with Gasteiger partial charge in [0.1, 0.15) is 0 Å². The Morgan fingerprint density at radius 2 is 0.800 bits per heavy atom. The molecule has 0 bridgehead atoms. The topological polar surface area (TPSA) is 100 Å². The molecule has 0 aromatic heterocycles. The SMILES string of the molecule is N.N.[Cl-].[OH-].[Pt+2]. The quantitative estimate of drug-likeness (QED) is 0.500. The molecule has 0 heterocycles. The van der Waals surface area contributed by atoms with E-state index < -0.39 is 0 Å². The maximum Gasteiger partial charge on any atom is 2.00 e. The maximum absolute atomic E-state index is 0. The van der Waals surface area contributed by atoms with E-state index in [0.29, 0.717) is 0 Å². The van der Waals surface area contributed by atoms with Crippen LogP contribution in [0.15, 0.2) is 0 Å². The first kappa shape index (κ1) is 188. The first-order chi connectivity index (χ1) is 0. The molecule has 40 valence electrons. The van der Waals surface area contributed by atoms with Gasteiger partial charge in [-0.2, -0.15) is 0 Å². The predicted molar refractivity (Wildman–Crippen MR) is 12.0 cm³/mol. The molecule has 5 heteroatoms. The Labute approximate surface area is 51.7 Å². The summed E-state index contributed by atoms with van der Waals surface area (Å²) in [6.45, 7) is 0. The molecule has 0 aliphatic carbocycles. The molecular formula is H7ClN2OPt. The zero-order valence-corrected chi connectivity index (χ0v) is 5.58. The monoisotopic (exact) mass is 281 g/mol. The van der Waals surface area contributed by atoms with Crippen LogP contribution in [0.4, 0.5) is 0 Å². The molecule has 0 rings (SSSR count). The number of halogens is 1. The van der Waals surface area contributed by atoms with Gasteiger partial charge in [-0.25, -0.2) is 0 Å². The first-order valence-corrected chi connectivity index (χ1v) is 0. The summed E-state index contributed by atoms with van der Waals surface area (Å²) >= 11 is 0. The third-order valence-corrected chi connectivity index (χ3v) is 0. The molecule has 0 saturated carbocycles. The van der Waals surface area contributed by atoms with Crippen molar-refractivity contribution in [2.75, 3.05) is 0 Å². The van der Waals surface area contributed by atoms with E-state index in [1.807, 2.05) is 0 Å². The summed E-state index contributed by atoms with van der Waals surface area (Å²) in [6.07, 6.45) is 0. The minimum atomic E-state index is 0. The Hall–Kier alpha value is 0.858. The van der Waals surface area contributed by atoms with Gasteiger partial charge in [0, 0.05) is 0 Å². The predicted octanol–water partition coefficient (Wildman–Crippen LogP) is -2.85. The van der Waals surface area contributed by atoms with Crippen molar-refractivity contribution in [2.45, 2.75) is 0 Å². The van der Waals surface area contributed by atoms with E-state index in [9.17, 15) is 0 Å². The van der Waals surface area contributed by atoms with Crippen LogP contribution in [0, 0.1) is 0 Å². The van der Waals surface area contributed by atoms with Crippen LogP contribution in [0.2, 0.25) is 0 Å². The second kappa shape index (κ2) is 98.2. The Bertz CT molecular complexity index is 9.61. The van der Waals surface area contributed by atoms with Crippen molar-refractivity contribution >= 4 is 0 Å². The standard InChI is InChI=1S/ClH.2H3N.H2O.Pt/h1H;2*1H3;1H2;/q;;;;+2/p-2. The minimum Gasteiger partial charge on any atom is -1.00 e. The van der Waals surface area contributed by atoms with Crippen molar-refractivity contribution in [2.24, 2.45) is 0 Å². The summed E-state index contributed by atoms with van der Waals surface area (Å²) in [5.74, 6) is 0. The van der Waals surface area contributed by atoms with Crippen LogP contribution in [0.25, 0.3) is 0 Å². The number of hydrogen-bond acceptors (Lipinski definition) is 3. The van der Waals surface area contributed by atoms with Crippen molar-refractivity contribution in [3.8, 4) is 0 Å². The fourth-order valence-electron chi connectivity index (χ4n) is 0. The molecule has 0 aliphatic heterocycles. The molecule has 0 saturated heterocycles. The minimum absolute atomic E-state index is 0. The van der Waals surface area contributed by atoms with Gasteiger partial charge in [0.2, 0.25) is 0 Å². The normalized spacial score (nSPS) is 0. The van der Waals surface area contributed by atoms with E-state index in [2.05, 4.69) is 0 Å². The van der Waals surface area contributed by atoms with Crippen molar-refractivity contribution in [1.29, 1.82) is 0 Å². The van der Waals surface area contributed by atoms with Crippen LogP contribution >= 0.6 is 0 Å². The molecule has 0 amide bonds. The van der Waals surface area contributed by atoms with Gasteiger partial charge in [-0.05, 0) is 0 Å². The zero-order chi connectivity index (χ0) is 0. The van der Waals surface area contributed by atoms with Crippen LogP contribution in [0.5, 0.6) is 0 Å². The molecule has 0 atom stereocenters. The number of hydrogen-bond donors (Lipinski definition) is 2. The average molecular weight is 282 g/mol. The van der Waals surface area contributed by atoms with Gasteiger partial charge in [0.05, 0.1) is 0 Å². The summed E-state index contributed by atoms with van der Waals surface area (Å²) in [7, 11) is 0. The molecule has 0 spiro atoms. The molecule has 3 nitrogen and oxygen atoms in total. The fraction of sp³-hybridized carbons (Fsp3) is 0. The molecule has 7 N–H and O–H groups in total. The molecule has 5 heavy (non-hydrogen) atoms. The van der Waals surface area contributed by atoms with Gasteiger partial charge in [-0.1, -0.05) is 0 Å². The van der Waals surface area contributed by atoms with E-state index in [0.717, 1.165) is 0 Å². The maximum atomic E-state index is 0. The van der Waals surface area contributed by atoms with Gasteiger partial charge >= 0.3 is 21.1 Å². The van der Waals surface area contributed by atoms with Gasteiger partial charge in [0.25, 0.3) is 0 Å². The zero-order valence-electron chi connectivity index (χ0n) is 2.56. The molecule has 0 aromatic rings. The fourth-order valence-corrected chi connectivity index (χ4v) is 0. The Morgan fingerprint density at radius 3 is 0.800 bits per heavy atom. The van der Waals surface area contributed by atoms with Crippen molar-refractivity contribution in [1.82, 2.24) is 12.3 Å². The molecular weight excluding hydrogens is 275 g/mol. The number of rotatable bonds is 0. The molecule has 0 aromatic carbocycles. The van der Waals surface area contributed by atoms with E-state index in [4.69, 9.17) is 0 Å². The Kier molecular flexibility index (Phi) is 3690.